The fourth-order valence-electron chi connectivity index (χ4n) is 3.23. The van der Waals surface area contributed by atoms with Gasteiger partial charge in [-0.25, -0.2) is 9.48 Å². The molecule has 0 fully saturated rings. The SMILES string of the molecule is Cc1ccc(NC(=O)COC(=O)c2cc3c(C)nn(-c4ccccc4)c3s2)c(C)c1. The molecule has 0 spiro atoms. The zero-order chi connectivity index (χ0) is 21.3. The van der Waals surface area contributed by atoms with E-state index in [2.05, 4.69) is 10.4 Å². The Bertz CT molecular complexity index is 1240. The molecule has 0 radical (unpaired) electrons. The van der Waals surface area contributed by atoms with Crippen molar-refractivity contribution >= 4 is 39.1 Å². The Kier molecular flexibility index (Phi) is 5.37. The van der Waals surface area contributed by atoms with Crippen molar-refractivity contribution in [3.63, 3.8) is 0 Å². The van der Waals surface area contributed by atoms with E-state index < -0.39 is 5.97 Å². The summed E-state index contributed by atoms with van der Waals surface area (Å²) in [6.07, 6.45) is 0. The van der Waals surface area contributed by atoms with Crippen molar-refractivity contribution in [2.75, 3.05) is 11.9 Å². The molecule has 0 aliphatic heterocycles. The number of hydrogen-bond acceptors (Lipinski definition) is 5. The summed E-state index contributed by atoms with van der Waals surface area (Å²) in [4.78, 5) is 26.0. The Morgan fingerprint density at radius 2 is 1.83 bits per heavy atom. The average molecular weight is 420 g/mol. The Labute approximate surface area is 178 Å². The van der Waals surface area contributed by atoms with Crippen molar-refractivity contribution in [3.05, 3.63) is 76.3 Å². The van der Waals surface area contributed by atoms with E-state index in [0.717, 1.165) is 32.7 Å². The molecular formula is C23H21N3O3S. The molecule has 0 atom stereocenters. The van der Waals surface area contributed by atoms with Gasteiger partial charge in [0.1, 0.15) is 9.71 Å². The molecule has 2 aromatic carbocycles. The number of para-hydroxylation sites is 1. The first-order valence-electron chi connectivity index (χ1n) is 9.51. The number of rotatable bonds is 5. The van der Waals surface area contributed by atoms with Gasteiger partial charge >= 0.3 is 5.97 Å². The third kappa shape index (κ3) is 3.97. The summed E-state index contributed by atoms with van der Waals surface area (Å²) in [5, 5.41) is 8.24. The molecule has 152 valence electrons. The molecule has 30 heavy (non-hydrogen) atoms. The van der Waals surface area contributed by atoms with Gasteiger partial charge in [0.2, 0.25) is 0 Å². The minimum atomic E-state index is -0.522. The van der Waals surface area contributed by atoms with Crippen molar-refractivity contribution in [2.24, 2.45) is 0 Å². The molecule has 0 unspecified atom stereocenters. The van der Waals surface area contributed by atoms with Crippen LogP contribution in [0.15, 0.2) is 54.6 Å². The predicted octanol–water partition coefficient (Wildman–Crippen LogP) is 4.81. The number of esters is 1. The molecule has 6 nitrogen and oxygen atoms in total. The third-order valence-corrected chi connectivity index (χ3v) is 5.83. The van der Waals surface area contributed by atoms with Gasteiger partial charge in [0.15, 0.2) is 6.61 Å². The fraction of sp³-hybridized carbons (Fsp3) is 0.174. The highest BCUT2D eigenvalue weighted by molar-refractivity contribution is 7.20. The number of hydrogen-bond donors (Lipinski definition) is 1. The van der Waals surface area contributed by atoms with Crippen LogP contribution in [0.4, 0.5) is 5.69 Å². The first-order valence-corrected chi connectivity index (χ1v) is 10.3. The second kappa shape index (κ2) is 8.12. The number of aryl methyl sites for hydroxylation is 3. The molecule has 1 N–H and O–H groups in total. The maximum absolute atomic E-state index is 12.5. The smallest absolute Gasteiger partial charge is 0.348 e. The maximum Gasteiger partial charge on any atom is 0.348 e. The van der Waals surface area contributed by atoms with Crippen LogP contribution >= 0.6 is 11.3 Å². The van der Waals surface area contributed by atoms with Crippen LogP contribution in [0.2, 0.25) is 0 Å². The van der Waals surface area contributed by atoms with Crippen molar-refractivity contribution in [1.82, 2.24) is 9.78 Å². The van der Waals surface area contributed by atoms with Gasteiger partial charge in [-0.1, -0.05) is 35.9 Å². The lowest BCUT2D eigenvalue weighted by molar-refractivity contribution is -0.119. The number of anilines is 1. The lowest BCUT2D eigenvalue weighted by atomic mass is 10.1. The zero-order valence-corrected chi connectivity index (χ0v) is 17.7. The number of thiophene rings is 1. The van der Waals surface area contributed by atoms with Gasteiger partial charge in [-0.05, 0) is 50.6 Å². The first-order chi connectivity index (χ1) is 14.4. The highest BCUT2D eigenvalue weighted by Crippen LogP contribution is 2.30. The molecule has 4 aromatic rings. The van der Waals surface area contributed by atoms with Gasteiger partial charge in [0.25, 0.3) is 5.91 Å². The molecule has 7 heteroatoms. The number of benzene rings is 2. The van der Waals surface area contributed by atoms with E-state index in [1.54, 1.807) is 6.07 Å². The molecule has 2 heterocycles. The number of carbonyl (C=O) groups is 2. The van der Waals surface area contributed by atoms with Gasteiger partial charge in [-0.2, -0.15) is 5.10 Å². The topological polar surface area (TPSA) is 73.2 Å². The Morgan fingerprint density at radius 3 is 2.57 bits per heavy atom. The maximum atomic E-state index is 12.5. The Morgan fingerprint density at radius 1 is 1.07 bits per heavy atom. The van der Waals surface area contributed by atoms with Gasteiger partial charge in [0.05, 0.1) is 11.4 Å². The van der Waals surface area contributed by atoms with E-state index in [-0.39, 0.29) is 12.5 Å². The van der Waals surface area contributed by atoms with Crippen LogP contribution < -0.4 is 5.32 Å². The standard InChI is InChI=1S/C23H21N3O3S/c1-14-9-10-19(15(2)11-14)24-21(27)13-29-23(28)20-12-18-16(3)25-26(22(18)30-20)17-7-5-4-6-8-17/h4-12H,13H2,1-3H3,(H,24,27). The summed E-state index contributed by atoms with van der Waals surface area (Å²) in [6, 6.07) is 17.3. The third-order valence-electron chi connectivity index (χ3n) is 4.74. The summed E-state index contributed by atoms with van der Waals surface area (Å²) in [5.74, 6) is -0.894. The molecule has 1 amide bonds. The number of amides is 1. The van der Waals surface area contributed by atoms with E-state index in [9.17, 15) is 9.59 Å². The fourth-order valence-corrected chi connectivity index (χ4v) is 4.31. The lowest BCUT2D eigenvalue weighted by Crippen LogP contribution is -2.21. The molecule has 0 aliphatic rings. The Balaban J connectivity index is 1.46. The number of carbonyl (C=O) groups excluding carboxylic acids is 2. The van der Waals surface area contributed by atoms with Crippen LogP contribution in [-0.4, -0.2) is 28.3 Å². The van der Waals surface area contributed by atoms with Crippen molar-refractivity contribution < 1.29 is 14.3 Å². The van der Waals surface area contributed by atoms with E-state index in [4.69, 9.17) is 4.74 Å². The van der Waals surface area contributed by atoms with Crippen LogP contribution in [0.1, 0.15) is 26.5 Å². The molecule has 0 aliphatic carbocycles. The summed E-state index contributed by atoms with van der Waals surface area (Å²) >= 11 is 1.30. The summed E-state index contributed by atoms with van der Waals surface area (Å²) in [6.45, 7) is 5.47. The van der Waals surface area contributed by atoms with Gasteiger partial charge in [-0.3, -0.25) is 4.79 Å². The predicted molar refractivity (Wildman–Crippen MR) is 119 cm³/mol. The van der Waals surface area contributed by atoms with Crippen molar-refractivity contribution in [3.8, 4) is 5.69 Å². The van der Waals surface area contributed by atoms with E-state index in [1.165, 1.54) is 11.3 Å². The molecule has 4 rings (SSSR count). The van der Waals surface area contributed by atoms with E-state index in [0.29, 0.717) is 10.6 Å². The average Bonchev–Trinajstić information content (AvgIpc) is 3.30. The van der Waals surface area contributed by atoms with Crippen LogP contribution in [0, 0.1) is 20.8 Å². The monoisotopic (exact) mass is 419 g/mol. The summed E-state index contributed by atoms with van der Waals surface area (Å²) in [7, 11) is 0. The quantitative estimate of drug-likeness (QED) is 0.471. The zero-order valence-electron chi connectivity index (χ0n) is 16.9. The molecule has 0 saturated carbocycles. The van der Waals surface area contributed by atoms with Crippen molar-refractivity contribution in [1.29, 1.82) is 0 Å². The van der Waals surface area contributed by atoms with Crippen molar-refractivity contribution in [2.45, 2.75) is 20.8 Å². The number of aromatic nitrogens is 2. The van der Waals surface area contributed by atoms with E-state index >= 15 is 0 Å². The Hall–Kier alpha value is -3.45. The van der Waals surface area contributed by atoms with Gasteiger partial charge in [-0.15, -0.1) is 11.3 Å². The normalized spacial score (nSPS) is 10.9. The van der Waals surface area contributed by atoms with Crippen LogP contribution in [0.3, 0.4) is 0 Å². The number of nitrogens with zero attached hydrogens (tertiary/aromatic N) is 2. The van der Waals surface area contributed by atoms with Crippen LogP contribution in [0.5, 0.6) is 0 Å². The first kappa shape index (κ1) is 19.8. The summed E-state index contributed by atoms with van der Waals surface area (Å²) in [5.41, 5.74) is 4.54. The molecule has 0 bridgehead atoms. The number of nitrogens with one attached hydrogen (secondary N) is 1. The lowest BCUT2D eigenvalue weighted by Gasteiger charge is -2.09. The minimum Gasteiger partial charge on any atom is -0.451 e. The number of fused-ring (bicyclic) bond motifs is 1. The molecular weight excluding hydrogens is 398 g/mol. The van der Waals surface area contributed by atoms with E-state index in [1.807, 2.05) is 74.0 Å². The highest BCUT2D eigenvalue weighted by atomic mass is 32.1. The van der Waals surface area contributed by atoms with Crippen LogP contribution in [-0.2, 0) is 9.53 Å². The molecule has 0 saturated heterocycles. The van der Waals surface area contributed by atoms with Gasteiger partial charge in [0, 0.05) is 11.1 Å². The summed E-state index contributed by atoms with van der Waals surface area (Å²) < 4.78 is 7.06. The second-order valence-electron chi connectivity index (χ2n) is 7.10. The number of ether oxygens (including phenoxy) is 1. The van der Waals surface area contributed by atoms with Crippen LogP contribution in [0.25, 0.3) is 15.9 Å². The van der Waals surface area contributed by atoms with Gasteiger partial charge < -0.3 is 10.1 Å². The second-order valence-corrected chi connectivity index (χ2v) is 8.14. The largest absolute Gasteiger partial charge is 0.451 e. The molecule has 2 aromatic heterocycles. The highest BCUT2D eigenvalue weighted by Gasteiger charge is 2.19. The minimum absolute atomic E-state index is 0.343.